The van der Waals surface area contributed by atoms with Crippen LogP contribution >= 0.6 is 34.0 Å². The highest BCUT2D eigenvalue weighted by atomic mass is 32.1. The zero-order chi connectivity index (χ0) is 94.1. The fourth-order valence-electron chi connectivity index (χ4n) is 17.5. The van der Waals surface area contributed by atoms with E-state index in [0.717, 1.165) is 112 Å². The number of hydrogen-bond acceptors (Lipinski definition) is 11. The van der Waals surface area contributed by atoms with Crippen molar-refractivity contribution in [2.75, 3.05) is 26.4 Å². The number of thiophene rings is 3. The van der Waals surface area contributed by atoms with Crippen LogP contribution in [0.4, 0.5) is 0 Å². The Bertz CT molecular complexity index is 3510. The molecule has 0 spiro atoms. The number of rotatable bonds is 88. The summed E-state index contributed by atoms with van der Waals surface area (Å²) in [7, 11) is 0. The number of carbonyl (C=O) groups excluding carboxylic acids is 1. The summed E-state index contributed by atoms with van der Waals surface area (Å²) >= 11 is 5.00. The van der Waals surface area contributed by atoms with Crippen molar-refractivity contribution in [3.8, 4) is 41.2 Å². The number of ether oxygens (including phenoxy) is 4. The molecule has 0 saturated heterocycles. The summed E-state index contributed by atoms with van der Waals surface area (Å²) in [4.78, 5) is 17.2. The lowest BCUT2D eigenvalue weighted by Gasteiger charge is -2.18. The van der Waals surface area contributed by atoms with Crippen LogP contribution in [-0.4, -0.2) is 32.7 Å². The number of unbranched alkanes of at least 4 members (excludes halogenated alkanes) is 63. The van der Waals surface area contributed by atoms with E-state index in [1.807, 2.05) is 42.5 Å². The summed E-state index contributed by atoms with van der Waals surface area (Å²) in [5.41, 5.74) is 8.43. The van der Waals surface area contributed by atoms with Crippen molar-refractivity contribution in [3.63, 3.8) is 0 Å². The molecule has 3 heterocycles. The summed E-state index contributed by atoms with van der Waals surface area (Å²) in [6.45, 7) is 26.0. The molecule has 5 aromatic rings. The van der Waals surface area contributed by atoms with Crippen LogP contribution in [0.25, 0.3) is 28.1 Å². The second-order valence-corrected chi connectivity index (χ2v) is 40.8. The van der Waals surface area contributed by atoms with Crippen LogP contribution in [0.15, 0.2) is 58.6 Å². The van der Waals surface area contributed by atoms with E-state index in [2.05, 4.69) is 99.8 Å². The van der Waals surface area contributed by atoms with Crippen molar-refractivity contribution in [2.24, 2.45) is 0 Å². The van der Waals surface area contributed by atoms with E-state index < -0.39 is 0 Å². The first kappa shape index (κ1) is 119. The van der Waals surface area contributed by atoms with Crippen LogP contribution < -0.4 is 18.9 Å². The first-order chi connectivity index (χ1) is 64.7. The molecule has 131 heavy (non-hydrogen) atoms. The molecule has 3 aromatic heterocycles. The Balaban J connectivity index is 0.000000636. The lowest BCUT2D eigenvalue weighted by molar-refractivity contribution is 0.112. The minimum Gasteiger partial charge on any atom is -0.493 e. The topological polar surface area (TPSA) is 130 Å². The highest BCUT2D eigenvalue weighted by Crippen LogP contribution is 2.41. The third-order valence-corrected chi connectivity index (χ3v) is 28.6. The SMILES string of the molecule is CCCCCCCCCCCCOc1cc(/C(C#N)=C/c2cc(CCCCCCCCCCCC)cs2)c(OCCCCCCCCCCCC)cc1/C(C#N)=C/c1cc(CCCCCCCCCCCC)cs1.CCCCCCCCCCCCc1csc(C=O)c1.[C-]#[N+]Cc1cc(OCCCCCCCCCCCC)c(CC#N)cc1OCCCCCCCCCCCC. The molecule has 0 aliphatic carbocycles. The van der Waals surface area contributed by atoms with Crippen LogP contribution in [0.1, 0.15) is 556 Å². The molecule has 0 aliphatic heterocycles. The third kappa shape index (κ3) is 64.5. The minimum atomic E-state index is 0.273. The molecule has 0 bridgehead atoms. The van der Waals surface area contributed by atoms with Crippen molar-refractivity contribution < 1.29 is 23.7 Å². The molecule has 736 valence electrons. The normalized spacial score (nSPS) is 11.4. The van der Waals surface area contributed by atoms with Gasteiger partial charge in [-0.05, 0) is 152 Å². The number of aldehydes is 1. The maximum Gasteiger partial charge on any atom is 0.243 e. The van der Waals surface area contributed by atoms with E-state index in [1.54, 1.807) is 34.0 Å². The Morgan fingerprint density at radius 1 is 0.290 bits per heavy atom. The zero-order valence-corrected chi connectivity index (χ0v) is 87.9. The van der Waals surface area contributed by atoms with Gasteiger partial charge in [0.05, 0.1) is 72.6 Å². The largest absolute Gasteiger partial charge is 0.493 e. The number of carbonyl (C=O) groups is 1. The average Bonchev–Trinajstić information content (AvgIpc) is 1.49. The Labute approximate surface area is 818 Å². The number of nitriles is 3. The van der Waals surface area contributed by atoms with Gasteiger partial charge in [-0.15, -0.1) is 34.0 Å². The van der Waals surface area contributed by atoms with Crippen molar-refractivity contribution in [3.05, 3.63) is 124 Å². The molecular weight excluding hydrogens is 1660 g/mol. The van der Waals surface area contributed by atoms with Gasteiger partial charge in [-0.1, -0.05) is 453 Å². The van der Waals surface area contributed by atoms with Gasteiger partial charge in [0.1, 0.15) is 23.0 Å². The molecule has 0 saturated carbocycles. The van der Waals surface area contributed by atoms with Crippen LogP contribution in [0, 0.1) is 40.6 Å². The van der Waals surface area contributed by atoms with Gasteiger partial charge in [0.15, 0.2) is 6.29 Å². The van der Waals surface area contributed by atoms with Gasteiger partial charge < -0.3 is 23.8 Å². The summed E-state index contributed by atoms with van der Waals surface area (Å²) < 4.78 is 25.7. The number of allylic oxidation sites excluding steroid dienone is 2. The molecule has 12 heteroatoms. The third-order valence-electron chi connectivity index (χ3n) is 25.9. The average molecular weight is 1860 g/mol. The Kier molecular flexibility index (Phi) is 80.9. The van der Waals surface area contributed by atoms with Gasteiger partial charge in [0, 0.05) is 26.4 Å². The van der Waals surface area contributed by atoms with Crippen LogP contribution in [0.3, 0.4) is 0 Å². The molecule has 0 unspecified atom stereocenters. The van der Waals surface area contributed by atoms with Gasteiger partial charge >= 0.3 is 0 Å². The summed E-state index contributed by atoms with van der Waals surface area (Å²) in [6.07, 6.45) is 100. The maximum atomic E-state index is 10.9. The van der Waals surface area contributed by atoms with E-state index in [4.69, 9.17) is 25.5 Å². The lowest BCUT2D eigenvalue weighted by atomic mass is 9.97. The maximum absolute atomic E-state index is 10.9. The zero-order valence-electron chi connectivity index (χ0n) is 85.4. The van der Waals surface area contributed by atoms with E-state index in [9.17, 15) is 20.6 Å². The fraction of sp³-hybridized carbons (Fsp3) is 0.723. The summed E-state index contributed by atoms with van der Waals surface area (Å²) in [5.74, 6) is 2.80. The van der Waals surface area contributed by atoms with Crippen molar-refractivity contribution in [2.45, 2.75) is 530 Å². The summed E-state index contributed by atoms with van der Waals surface area (Å²) in [5, 5.41) is 37.8. The number of aryl methyl sites for hydroxylation is 3. The first-order valence-electron chi connectivity index (χ1n) is 55.2. The van der Waals surface area contributed by atoms with Gasteiger partial charge in [-0.25, -0.2) is 6.57 Å². The predicted molar refractivity (Wildman–Crippen MR) is 574 cm³/mol. The van der Waals surface area contributed by atoms with E-state index in [1.165, 1.54) is 428 Å². The first-order valence-corrected chi connectivity index (χ1v) is 57.8. The van der Waals surface area contributed by atoms with Gasteiger partial charge in [0.25, 0.3) is 0 Å². The summed E-state index contributed by atoms with van der Waals surface area (Å²) in [6, 6.07) is 21.9. The molecule has 0 N–H and O–H groups in total. The standard InChI is InChI=1S/C68H108N2O2S2.C34H56N2O2.C17H28OS/c1-5-9-13-17-21-25-29-33-37-41-45-59-49-63(73-57-59)51-61(55-69)65-53-68(72-48-44-40-36-32-28-24-20-16-12-8-4)66(54-67(65)71-47-43-39-35-31-27-23-19-15-11-7-3)62(56-70)52-64-50-60(58-74-64)46-42-38-34-30-26-22-18-14-10-6-2;1-4-6-8-10-12-14-16-18-20-22-26-37-33-29-32(30-36-3)34(28-31(33)24-25-35)38-27-23-21-19-17-15-13-11-9-7-5-2;1-2-3-4-5-6-7-8-9-10-11-12-16-13-17(14-18)19-15-16/h49-54,57-58H,5-48H2,1-4H3;28-29H,4-24,26-27,30H2,1-2H3;13-15H,2-12H2,1H3/b61-51+,62-52+;;. The number of nitrogens with zero attached hydrogens (tertiary/aromatic N) is 4. The minimum absolute atomic E-state index is 0.273. The highest BCUT2D eigenvalue weighted by Gasteiger charge is 2.21. The van der Waals surface area contributed by atoms with E-state index in [-0.39, 0.29) is 6.54 Å². The van der Waals surface area contributed by atoms with Crippen molar-refractivity contribution in [1.29, 1.82) is 15.8 Å². The quantitative estimate of drug-likeness (QED) is 0.0163. The van der Waals surface area contributed by atoms with Crippen LogP contribution in [0.5, 0.6) is 23.0 Å². The Hall–Kier alpha value is -6.15. The molecule has 9 nitrogen and oxygen atoms in total. The van der Waals surface area contributed by atoms with E-state index >= 15 is 0 Å². The van der Waals surface area contributed by atoms with Crippen LogP contribution in [0.2, 0.25) is 0 Å². The van der Waals surface area contributed by atoms with Gasteiger partial charge in [-0.3, -0.25) is 4.79 Å². The Morgan fingerprint density at radius 3 is 0.748 bits per heavy atom. The number of hydrogen-bond donors (Lipinski definition) is 0. The molecule has 0 fully saturated rings. The molecular formula is C119H192N4O5S3. The molecule has 0 aliphatic rings. The predicted octanol–water partition coefficient (Wildman–Crippen LogP) is 40.3. The highest BCUT2D eigenvalue weighted by molar-refractivity contribution is 7.12. The van der Waals surface area contributed by atoms with Gasteiger partial charge in [0.2, 0.25) is 6.54 Å². The van der Waals surface area contributed by atoms with E-state index in [0.29, 0.717) is 55.5 Å². The fourth-order valence-corrected chi connectivity index (χ4v) is 20.0. The number of benzene rings is 2. The molecule has 0 atom stereocenters. The molecule has 2 aromatic carbocycles. The van der Waals surface area contributed by atoms with Crippen LogP contribution in [-0.2, 0) is 32.2 Å². The lowest BCUT2D eigenvalue weighted by Crippen LogP contribution is -2.05. The molecule has 0 radical (unpaired) electrons. The Morgan fingerprint density at radius 2 is 0.511 bits per heavy atom. The van der Waals surface area contributed by atoms with Gasteiger partial charge in [-0.2, -0.15) is 15.8 Å². The monoisotopic (exact) mass is 1850 g/mol. The van der Waals surface area contributed by atoms with Crippen molar-refractivity contribution in [1.82, 2.24) is 0 Å². The molecule has 5 rings (SSSR count). The molecule has 0 amide bonds. The second-order valence-electron chi connectivity index (χ2n) is 38.0. The van der Waals surface area contributed by atoms with Crippen molar-refractivity contribution >= 4 is 63.6 Å². The second kappa shape index (κ2) is 89.1. The smallest absolute Gasteiger partial charge is 0.243 e.